The second-order valence-corrected chi connectivity index (χ2v) is 6.07. The number of hydrogen-bond acceptors (Lipinski definition) is 4. The smallest absolute Gasteiger partial charge is 0.223 e. The predicted molar refractivity (Wildman–Crippen MR) is 77.4 cm³/mol. The van der Waals surface area contributed by atoms with Gasteiger partial charge in [0.2, 0.25) is 5.91 Å². The highest BCUT2D eigenvalue weighted by atomic mass is 32.1. The van der Waals surface area contributed by atoms with Crippen LogP contribution in [0.2, 0.25) is 0 Å². The molecule has 0 saturated heterocycles. The van der Waals surface area contributed by atoms with E-state index in [1.165, 1.54) is 16.8 Å². The van der Waals surface area contributed by atoms with Crippen molar-refractivity contribution in [3.8, 4) is 0 Å². The van der Waals surface area contributed by atoms with Gasteiger partial charge >= 0.3 is 0 Å². The Kier molecular flexibility index (Phi) is 3.82. The Labute approximate surface area is 122 Å². The summed E-state index contributed by atoms with van der Waals surface area (Å²) in [4.78, 5) is 19.7. The van der Waals surface area contributed by atoms with Crippen LogP contribution in [0.25, 0.3) is 0 Å². The van der Waals surface area contributed by atoms with E-state index in [4.69, 9.17) is 0 Å². The van der Waals surface area contributed by atoms with Crippen molar-refractivity contribution in [3.05, 3.63) is 34.5 Å². The Bertz CT molecular complexity index is 578. The molecule has 1 aliphatic rings. The van der Waals surface area contributed by atoms with Gasteiger partial charge in [-0.2, -0.15) is 5.10 Å². The van der Waals surface area contributed by atoms with Crippen LogP contribution in [0.15, 0.2) is 24.1 Å². The lowest BCUT2D eigenvalue weighted by molar-refractivity contribution is -0.133. The molecule has 1 aliphatic heterocycles. The van der Waals surface area contributed by atoms with Crippen LogP contribution in [0, 0.1) is 0 Å². The molecule has 20 heavy (non-hydrogen) atoms. The van der Waals surface area contributed by atoms with Crippen molar-refractivity contribution in [2.45, 2.75) is 38.8 Å². The number of hydrogen-bond donors (Lipinski definition) is 0. The number of aromatic nitrogens is 3. The summed E-state index contributed by atoms with van der Waals surface area (Å²) in [6, 6.07) is 2.36. The zero-order chi connectivity index (χ0) is 13.9. The minimum absolute atomic E-state index is 0.212. The minimum atomic E-state index is 0.212. The van der Waals surface area contributed by atoms with Crippen LogP contribution in [0.4, 0.5) is 0 Å². The lowest BCUT2D eigenvalue weighted by Crippen LogP contribution is -2.38. The van der Waals surface area contributed by atoms with E-state index in [1.54, 1.807) is 22.3 Å². The number of carbonyl (C=O) groups is 1. The van der Waals surface area contributed by atoms with E-state index in [1.807, 2.05) is 4.90 Å². The van der Waals surface area contributed by atoms with Crippen molar-refractivity contribution in [2.75, 3.05) is 6.54 Å². The summed E-state index contributed by atoms with van der Waals surface area (Å²) >= 11 is 1.80. The van der Waals surface area contributed by atoms with E-state index in [-0.39, 0.29) is 11.9 Å². The molecule has 0 fully saturated rings. The predicted octanol–water partition coefficient (Wildman–Crippen LogP) is 2.27. The largest absolute Gasteiger partial charge is 0.336 e. The highest BCUT2D eigenvalue weighted by Crippen LogP contribution is 2.33. The average Bonchev–Trinajstić information content (AvgIpc) is 3.09. The second kappa shape index (κ2) is 5.75. The molecule has 0 bridgehead atoms. The third-order valence-corrected chi connectivity index (χ3v) is 4.84. The third-order valence-electron chi connectivity index (χ3n) is 3.84. The molecule has 0 radical (unpaired) electrons. The number of fused-ring (bicyclic) bond motifs is 1. The van der Waals surface area contributed by atoms with Crippen LogP contribution in [0.1, 0.15) is 36.2 Å². The normalized spacial score (nSPS) is 18.1. The molecular weight excluding hydrogens is 272 g/mol. The zero-order valence-electron chi connectivity index (χ0n) is 11.5. The van der Waals surface area contributed by atoms with E-state index in [9.17, 15) is 4.79 Å². The maximum Gasteiger partial charge on any atom is 0.223 e. The topological polar surface area (TPSA) is 51.0 Å². The fraction of sp³-hybridized carbons (Fsp3) is 0.500. The molecule has 0 saturated carbocycles. The van der Waals surface area contributed by atoms with E-state index >= 15 is 0 Å². The molecular formula is C14H18N4OS. The summed E-state index contributed by atoms with van der Waals surface area (Å²) in [6.45, 7) is 3.72. The van der Waals surface area contributed by atoms with Crippen LogP contribution in [0.5, 0.6) is 0 Å². The van der Waals surface area contributed by atoms with Gasteiger partial charge in [0.15, 0.2) is 0 Å². The summed E-state index contributed by atoms with van der Waals surface area (Å²) in [5.41, 5.74) is 1.32. The van der Waals surface area contributed by atoms with Crippen LogP contribution < -0.4 is 0 Å². The van der Waals surface area contributed by atoms with Gasteiger partial charge in [0.05, 0.1) is 6.04 Å². The Morgan fingerprint density at radius 1 is 1.55 bits per heavy atom. The van der Waals surface area contributed by atoms with Crippen molar-refractivity contribution < 1.29 is 4.79 Å². The Balaban J connectivity index is 1.55. The first-order chi connectivity index (χ1) is 9.75. The molecule has 0 N–H and O–H groups in total. The van der Waals surface area contributed by atoms with E-state index < -0.39 is 0 Å². The van der Waals surface area contributed by atoms with Gasteiger partial charge in [-0.25, -0.2) is 4.98 Å². The molecule has 1 atom stereocenters. The van der Waals surface area contributed by atoms with Gasteiger partial charge in [0.1, 0.15) is 12.7 Å². The number of thiophene rings is 1. The molecule has 3 rings (SSSR count). The van der Waals surface area contributed by atoms with Gasteiger partial charge in [-0.05, 0) is 36.8 Å². The molecule has 106 valence electrons. The van der Waals surface area contributed by atoms with Gasteiger partial charge < -0.3 is 4.90 Å². The Morgan fingerprint density at radius 2 is 2.45 bits per heavy atom. The monoisotopic (exact) mass is 290 g/mol. The Morgan fingerprint density at radius 3 is 3.25 bits per heavy atom. The van der Waals surface area contributed by atoms with E-state index in [0.29, 0.717) is 6.42 Å². The van der Waals surface area contributed by atoms with E-state index in [0.717, 1.165) is 25.9 Å². The molecule has 0 aromatic carbocycles. The highest BCUT2D eigenvalue weighted by molar-refractivity contribution is 7.10. The quantitative estimate of drug-likeness (QED) is 0.868. The molecule has 0 spiro atoms. The number of carbonyl (C=O) groups excluding carboxylic acids is 1. The van der Waals surface area contributed by atoms with Crippen molar-refractivity contribution in [1.82, 2.24) is 19.7 Å². The third kappa shape index (κ3) is 2.60. The number of aryl methyl sites for hydroxylation is 1. The van der Waals surface area contributed by atoms with Crippen molar-refractivity contribution in [1.29, 1.82) is 0 Å². The fourth-order valence-corrected chi connectivity index (χ4v) is 3.70. The summed E-state index contributed by atoms with van der Waals surface area (Å²) in [6.07, 6.45) is 5.58. The van der Waals surface area contributed by atoms with Gasteiger partial charge in [0.25, 0.3) is 0 Å². The molecule has 1 amide bonds. The number of amides is 1. The maximum atomic E-state index is 12.4. The van der Waals surface area contributed by atoms with Crippen LogP contribution in [-0.4, -0.2) is 32.1 Å². The molecule has 2 aromatic heterocycles. The van der Waals surface area contributed by atoms with Gasteiger partial charge in [-0.1, -0.05) is 0 Å². The van der Waals surface area contributed by atoms with Crippen molar-refractivity contribution >= 4 is 17.2 Å². The average molecular weight is 290 g/mol. The first kappa shape index (κ1) is 13.3. The lowest BCUT2D eigenvalue weighted by atomic mass is 10.0. The molecule has 3 heterocycles. The SMILES string of the molecule is C[C@@H]1c2ccsc2CCN1C(=O)CCCn1cncn1. The first-order valence-electron chi connectivity index (χ1n) is 6.94. The number of nitrogens with zero attached hydrogens (tertiary/aromatic N) is 4. The van der Waals surface area contributed by atoms with Crippen LogP contribution in [0.3, 0.4) is 0 Å². The van der Waals surface area contributed by atoms with Crippen LogP contribution in [-0.2, 0) is 17.8 Å². The fourth-order valence-electron chi connectivity index (χ4n) is 2.73. The summed E-state index contributed by atoms with van der Waals surface area (Å²) < 4.78 is 1.77. The Hall–Kier alpha value is -1.69. The molecule has 6 heteroatoms. The van der Waals surface area contributed by atoms with Crippen molar-refractivity contribution in [3.63, 3.8) is 0 Å². The summed E-state index contributed by atoms with van der Waals surface area (Å²) in [5, 5.41) is 6.17. The van der Waals surface area contributed by atoms with Crippen molar-refractivity contribution in [2.24, 2.45) is 0 Å². The van der Waals surface area contributed by atoms with E-state index in [2.05, 4.69) is 28.5 Å². The van der Waals surface area contributed by atoms with Crippen LogP contribution >= 0.6 is 11.3 Å². The highest BCUT2D eigenvalue weighted by Gasteiger charge is 2.27. The lowest BCUT2D eigenvalue weighted by Gasteiger charge is -2.33. The number of rotatable bonds is 4. The van der Waals surface area contributed by atoms with Gasteiger partial charge in [0, 0.05) is 24.4 Å². The molecule has 0 unspecified atom stereocenters. The first-order valence-corrected chi connectivity index (χ1v) is 7.82. The summed E-state index contributed by atoms with van der Waals surface area (Å²) in [7, 11) is 0. The molecule has 0 aliphatic carbocycles. The molecule has 5 nitrogen and oxygen atoms in total. The maximum absolute atomic E-state index is 12.4. The van der Waals surface area contributed by atoms with Gasteiger partial charge in [-0.15, -0.1) is 11.3 Å². The van der Waals surface area contributed by atoms with Gasteiger partial charge in [-0.3, -0.25) is 9.48 Å². The zero-order valence-corrected chi connectivity index (χ0v) is 12.3. The second-order valence-electron chi connectivity index (χ2n) is 5.07. The minimum Gasteiger partial charge on any atom is -0.336 e. The standard InChI is InChI=1S/C14H18N4OS/c1-11-12-5-8-20-13(12)4-7-18(11)14(19)3-2-6-17-10-15-9-16-17/h5,8-11H,2-4,6-7H2,1H3/t11-/m1/s1. The summed E-state index contributed by atoms with van der Waals surface area (Å²) in [5.74, 6) is 0.245. The molecule has 2 aromatic rings.